The monoisotopic (exact) mass is 413 g/mol. The smallest absolute Gasteiger partial charge is 0.322 e. The molecule has 160 valence electrons. The molecule has 2 aromatic rings. The van der Waals surface area contributed by atoms with Gasteiger partial charge in [-0.1, -0.05) is 44.2 Å². The number of nitrogens with zero attached hydrogens (tertiary/aromatic N) is 2. The predicted octanol–water partition coefficient (Wildman–Crippen LogP) is 3.86. The standard InChI is InChI=1S/C23H28FN3O3/c1-17(2)14-27(22(28)20-10-6-7-11-21(20)24)16-19-15-26(12-13-30-19)23(29)25-18-8-4-3-5-9-18/h3-11,17,19H,12-16H2,1-2H3,(H,25,29)/t19-/m1/s1. The Hall–Kier alpha value is -2.93. The third-order valence-corrected chi connectivity index (χ3v) is 4.85. The molecule has 2 aromatic carbocycles. The van der Waals surface area contributed by atoms with Gasteiger partial charge in [-0.25, -0.2) is 9.18 Å². The average Bonchev–Trinajstić information content (AvgIpc) is 2.74. The quantitative estimate of drug-likeness (QED) is 0.782. The summed E-state index contributed by atoms with van der Waals surface area (Å²) in [5.41, 5.74) is 0.773. The summed E-state index contributed by atoms with van der Waals surface area (Å²) in [7, 11) is 0. The maximum Gasteiger partial charge on any atom is 0.322 e. The number of rotatable bonds is 6. The first-order valence-corrected chi connectivity index (χ1v) is 10.2. The second-order valence-corrected chi connectivity index (χ2v) is 7.82. The molecule has 1 heterocycles. The van der Waals surface area contributed by atoms with Crippen LogP contribution in [0.1, 0.15) is 24.2 Å². The van der Waals surface area contributed by atoms with Crippen molar-refractivity contribution in [3.8, 4) is 0 Å². The summed E-state index contributed by atoms with van der Waals surface area (Å²) in [6, 6.07) is 15.0. The summed E-state index contributed by atoms with van der Waals surface area (Å²) in [5, 5.41) is 2.88. The summed E-state index contributed by atoms with van der Waals surface area (Å²) in [5.74, 6) is -0.692. The molecule has 0 bridgehead atoms. The lowest BCUT2D eigenvalue weighted by molar-refractivity contribution is -0.0272. The van der Waals surface area contributed by atoms with Crippen molar-refractivity contribution >= 4 is 17.6 Å². The minimum atomic E-state index is -0.537. The molecule has 0 saturated carbocycles. The molecule has 6 nitrogen and oxygen atoms in total. The topological polar surface area (TPSA) is 61.9 Å². The number of hydrogen-bond donors (Lipinski definition) is 1. The molecule has 3 rings (SSSR count). The largest absolute Gasteiger partial charge is 0.373 e. The zero-order valence-electron chi connectivity index (χ0n) is 17.4. The molecule has 3 amide bonds. The number of morpholine rings is 1. The van der Waals surface area contributed by atoms with Crippen LogP contribution in [-0.2, 0) is 4.74 Å². The van der Waals surface area contributed by atoms with Crippen LogP contribution in [0, 0.1) is 11.7 Å². The summed E-state index contributed by atoms with van der Waals surface area (Å²) in [6.45, 7) is 5.99. The van der Waals surface area contributed by atoms with Crippen LogP contribution in [0.5, 0.6) is 0 Å². The Morgan fingerprint density at radius 1 is 1.17 bits per heavy atom. The van der Waals surface area contributed by atoms with Gasteiger partial charge in [0.05, 0.1) is 24.8 Å². The van der Waals surface area contributed by atoms with E-state index in [2.05, 4.69) is 5.32 Å². The van der Waals surface area contributed by atoms with E-state index in [9.17, 15) is 14.0 Å². The number of ether oxygens (including phenoxy) is 1. The van der Waals surface area contributed by atoms with E-state index in [1.807, 2.05) is 44.2 Å². The summed E-state index contributed by atoms with van der Waals surface area (Å²) < 4.78 is 20.0. The lowest BCUT2D eigenvalue weighted by Crippen LogP contribution is -2.52. The fourth-order valence-corrected chi connectivity index (χ4v) is 3.47. The highest BCUT2D eigenvalue weighted by molar-refractivity contribution is 5.94. The fourth-order valence-electron chi connectivity index (χ4n) is 3.47. The van der Waals surface area contributed by atoms with Crippen LogP contribution in [0.4, 0.5) is 14.9 Å². The number of carbonyl (C=O) groups excluding carboxylic acids is 2. The molecule has 1 fully saturated rings. The van der Waals surface area contributed by atoms with Crippen LogP contribution < -0.4 is 5.32 Å². The molecule has 0 aromatic heterocycles. The van der Waals surface area contributed by atoms with Gasteiger partial charge in [0, 0.05) is 25.3 Å². The Bertz CT molecular complexity index is 860. The molecular formula is C23H28FN3O3. The Morgan fingerprint density at radius 3 is 2.57 bits per heavy atom. The number of amides is 3. The fraction of sp³-hybridized carbons (Fsp3) is 0.391. The Kier molecular flexibility index (Phi) is 7.41. The Labute approximate surface area is 176 Å². The van der Waals surface area contributed by atoms with E-state index in [-0.39, 0.29) is 29.5 Å². The van der Waals surface area contributed by atoms with Crippen LogP contribution in [0.2, 0.25) is 0 Å². The van der Waals surface area contributed by atoms with Gasteiger partial charge in [0.15, 0.2) is 0 Å². The van der Waals surface area contributed by atoms with Gasteiger partial charge in [0.2, 0.25) is 0 Å². The first kappa shape index (κ1) is 21.8. The number of nitrogens with one attached hydrogen (secondary N) is 1. The van der Waals surface area contributed by atoms with Crippen molar-refractivity contribution in [3.63, 3.8) is 0 Å². The molecule has 0 radical (unpaired) electrons. The van der Waals surface area contributed by atoms with Crippen molar-refractivity contribution in [2.75, 3.05) is 38.1 Å². The summed E-state index contributed by atoms with van der Waals surface area (Å²) >= 11 is 0. The van der Waals surface area contributed by atoms with Gasteiger partial charge in [-0.15, -0.1) is 0 Å². The van der Waals surface area contributed by atoms with Crippen molar-refractivity contribution in [2.24, 2.45) is 5.92 Å². The highest BCUT2D eigenvalue weighted by Crippen LogP contribution is 2.16. The number of urea groups is 1. The van der Waals surface area contributed by atoms with Gasteiger partial charge in [0.1, 0.15) is 5.82 Å². The lowest BCUT2D eigenvalue weighted by atomic mass is 10.1. The van der Waals surface area contributed by atoms with E-state index in [4.69, 9.17) is 4.74 Å². The van der Waals surface area contributed by atoms with Crippen LogP contribution in [-0.4, -0.2) is 60.6 Å². The lowest BCUT2D eigenvalue weighted by Gasteiger charge is -2.36. The molecule has 1 N–H and O–H groups in total. The molecule has 0 aliphatic carbocycles. The second-order valence-electron chi connectivity index (χ2n) is 7.82. The Morgan fingerprint density at radius 2 is 1.87 bits per heavy atom. The maximum absolute atomic E-state index is 14.2. The number of halogens is 1. The minimum Gasteiger partial charge on any atom is -0.373 e. The molecule has 1 aliphatic rings. The third kappa shape index (κ3) is 5.79. The van der Waals surface area contributed by atoms with E-state index in [1.54, 1.807) is 21.9 Å². The van der Waals surface area contributed by atoms with Gasteiger partial charge < -0.3 is 19.9 Å². The van der Waals surface area contributed by atoms with Gasteiger partial charge in [-0.3, -0.25) is 4.79 Å². The van der Waals surface area contributed by atoms with Crippen LogP contribution >= 0.6 is 0 Å². The van der Waals surface area contributed by atoms with Crippen molar-refractivity contribution in [3.05, 3.63) is 66.0 Å². The molecule has 7 heteroatoms. The number of benzene rings is 2. The number of para-hydroxylation sites is 1. The van der Waals surface area contributed by atoms with Crippen LogP contribution in [0.15, 0.2) is 54.6 Å². The van der Waals surface area contributed by atoms with E-state index in [0.29, 0.717) is 32.8 Å². The van der Waals surface area contributed by atoms with Crippen molar-refractivity contribution in [2.45, 2.75) is 20.0 Å². The molecule has 1 saturated heterocycles. The highest BCUT2D eigenvalue weighted by atomic mass is 19.1. The second kappa shape index (κ2) is 10.2. The van der Waals surface area contributed by atoms with E-state index >= 15 is 0 Å². The van der Waals surface area contributed by atoms with E-state index in [1.165, 1.54) is 12.1 Å². The average molecular weight is 413 g/mol. The van der Waals surface area contributed by atoms with Gasteiger partial charge in [0.25, 0.3) is 5.91 Å². The minimum absolute atomic E-state index is 0.0487. The Balaban J connectivity index is 1.66. The molecule has 30 heavy (non-hydrogen) atoms. The number of carbonyl (C=O) groups is 2. The first-order chi connectivity index (χ1) is 14.4. The van der Waals surface area contributed by atoms with E-state index < -0.39 is 5.82 Å². The highest BCUT2D eigenvalue weighted by Gasteiger charge is 2.29. The van der Waals surface area contributed by atoms with Crippen LogP contribution in [0.3, 0.4) is 0 Å². The molecule has 1 aliphatic heterocycles. The number of hydrogen-bond acceptors (Lipinski definition) is 3. The van der Waals surface area contributed by atoms with Crippen molar-refractivity contribution in [1.82, 2.24) is 9.80 Å². The summed E-state index contributed by atoms with van der Waals surface area (Å²) in [6.07, 6.45) is -0.338. The zero-order chi connectivity index (χ0) is 21.5. The molecule has 0 unspecified atom stereocenters. The number of anilines is 1. The molecule has 1 atom stereocenters. The van der Waals surface area contributed by atoms with Gasteiger partial charge >= 0.3 is 6.03 Å². The van der Waals surface area contributed by atoms with Gasteiger partial charge in [-0.05, 0) is 30.2 Å². The molecule has 0 spiro atoms. The van der Waals surface area contributed by atoms with Crippen molar-refractivity contribution < 1.29 is 18.7 Å². The summed E-state index contributed by atoms with van der Waals surface area (Å²) in [4.78, 5) is 28.9. The van der Waals surface area contributed by atoms with Crippen LogP contribution in [0.25, 0.3) is 0 Å². The van der Waals surface area contributed by atoms with Gasteiger partial charge in [-0.2, -0.15) is 0 Å². The maximum atomic E-state index is 14.2. The SMILES string of the molecule is CC(C)CN(C[C@H]1CN(C(=O)Nc2ccccc2)CCO1)C(=O)c1ccccc1F. The van der Waals surface area contributed by atoms with E-state index in [0.717, 1.165) is 5.69 Å². The normalized spacial score (nSPS) is 16.4. The third-order valence-electron chi connectivity index (χ3n) is 4.85. The predicted molar refractivity (Wildman–Crippen MR) is 114 cm³/mol. The zero-order valence-corrected chi connectivity index (χ0v) is 17.4. The van der Waals surface area contributed by atoms with Crippen molar-refractivity contribution in [1.29, 1.82) is 0 Å². The first-order valence-electron chi connectivity index (χ1n) is 10.2. The molecular weight excluding hydrogens is 385 g/mol.